The molecule has 3 saturated carbocycles. The summed E-state index contributed by atoms with van der Waals surface area (Å²) in [6.45, 7) is 11.4. The van der Waals surface area contributed by atoms with E-state index < -0.39 is 29.1 Å². The van der Waals surface area contributed by atoms with Crippen molar-refractivity contribution in [3.63, 3.8) is 0 Å². The molecule has 23 heteroatoms. The van der Waals surface area contributed by atoms with Gasteiger partial charge in [0.1, 0.15) is 5.75 Å². The highest BCUT2D eigenvalue weighted by Crippen LogP contribution is 2.40. The summed E-state index contributed by atoms with van der Waals surface area (Å²) < 4.78 is 108. The number of ether oxygens (including phenoxy) is 6. The van der Waals surface area contributed by atoms with Gasteiger partial charge in [0.05, 0.1) is 57.0 Å². The highest BCUT2D eigenvalue weighted by molar-refractivity contribution is 5.99. The lowest BCUT2D eigenvalue weighted by molar-refractivity contribution is 0.0967. The third kappa shape index (κ3) is 14.7. The molecule has 0 aliphatic heterocycles. The number of Topliss-reactive ketones (excluding diaryl/α,β-unsaturated/α-hetero) is 3. The highest BCUT2D eigenvalue weighted by Gasteiger charge is 2.29. The van der Waals surface area contributed by atoms with E-state index in [4.69, 9.17) is 28.4 Å². The van der Waals surface area contributed by atoms with Crippen LogP contribution in [0.25, 0.3) is 50.7 Å². The number of nitrogens with zero attached hydrogens (tertiary/aromatic N) is 9. The van der Waals surface area contributed by atoms with Gasteiger partial charge in [0.25, 0.3) is 0 Å². The predicted molar refractivity (Wildman–Crippen MR) is 368 cm³/mol. The molecule has 0 atom stereocenters. The number of methoxy groups -OCH3 is 3. The van der Waals surface area contributed by atoms with Crippen molar-refractivity contribution in [1.82, 2.24) is 43.8 Å². The molecule has 6 heterocycles. The number of fused-ring (bicyclic) bond motifs is 3. The van der Waals surface area contributed by atoms with Crippen molar-refractivity contribution >= 4 is 34.3 Å². The fraction of sp³-hybridized carbons (Fsp3) is 0.269. The number of rotatable bonds is 21. The SMILES string of the molecule is COc1ccc(Oc2cc(C)c3ncc(-c4ccc(C(=O)CC5CC5)c(C)c4)n3n2)c(F)c1F.COc1ccc(Oc2cc(C)c3ncc(-c4ccc(C(=O)CC5CC5)c(C)c4)n3n2)c(F)c1F.COc1ccc(Oc2cc(C)c3ncc(-c4ccc(C(=O)CC5CC5)c(C)c4)n3n2)cc1F. The minimum absolute atomic E-state index is 0.0840. The molecule has 18 nitrogen and oxygen atoms in total. The zero-order valence-electron chi connectivity index (χ0n) is 56.9. The number of hydrogen-bond donors (Lipinski definition) is 0. The summed E-state index contributed by atoms with van der Waals surface area (Å²) in [4.78, 5) is 51.1. The van der Waals surface area contributed by atoms with Crippen molar-refractivity contribution in [1.29, 1.82) is 0 Å². The summed E-state index contributed by atoms with van der Waals surface area (Å²) in [5, 5.41) is 13.5. The van der Waals surface area contributed by atoms with Crippen molar-refractivity contribution in [2.45, 2.75) is 99.3 Å². The Morgan fingerprint density at radius 3 is 0.990 bits per heavy atom. The molecule has 15 rings (SSSR count). The van der Waals surface area contributed by atoms with E-state index in [1.165, 1.54) is 57.7 Å². The first-order chi connectivity index (χ1) is 48.6. The number of carbonyl (C=O) groups excluding carboxylic acids is 3. The van der Waals surface area contributed by atoms with Crippen molar-refractivity contribution in [2.75, 3.05) is 21.3 Å². The number of imidazole rings is 3. The number of hydrogen-bond acceptors (Lipinski definition) is 15. The average Bonchev–Trinajstić information content (AvgIpc) is 1.66. The molecule has 3 aliphatic carbocycles. The molecule has 6 aromatic carbocycles. The van der Waals surface area contributed by atoms with Gasteiger partial charge in [-0.2, -0.15) is 17.6 Å². The van der Waals surface area contributed by atoms with Gasteiger partial charge in [0.15, 0.2) is 68.9 Å². The first kappa shape index (κ1) is 68.2. The molecule has 0 amide bonds. The molecule has 3 aliphatic rings. The molecule has 516 valence electrons. The van der Waals surface area contributed by atoms with Crippen LogP contribution in [0.4, 0.5) is 22.0 Å². The number of carbonyl (C=O) groups is 3. The standard InChI is InChI=1S/2C26H23F2N3O3.C26H24FN3O3/c2*1-14-10-17(6-7-18(14)20(32)12-16-4-5-16)19-13-29-26-15(2)11-23(30-31(19)26)34-22-9-8-21(33-3)24(27)25(22)28;1-15-10-18(6-8-20(15)23(31)12-17-4-5-17)22-14-28-26-16(2)11-25(29-30(22)26)33-19-7-9-24(32-3)21(27)13-19/h2*6-11,13,16H,4-5,12H2,1-3H3;6-11,13-14,17H,4-5,12H2,1-3H3. The first-order valence-electron chi connectivity index (χ1n) is 33.0. The smallest absolute Gasteiger partial charge is 0.237 e. The molecule has 0 spiro atoms. The van der Waals surface area contributed by atoms with Gasteiger partial charge in [-0.05, 0) is 186 Å². The Morgan fingerprint density at radius 1 is 0.376 bits per heavy atom. The van der Waals surface area contributed by atoms with Crippen molar-refractivity contribution in [2.24, 2.45) is 17.8 Å². The Labute approximate surface area is 577 Å². The maximum Gasteiger partial charge on any atom is 0.237 e. The van der Waals surface area contributed by atoms with Crippen LogP contribution in [0, 0.1) is 88.4 Å². The van der Waals surface area contributed by atoms with E-state index in [0.29, 0.717) is 77.0 Å². The van der Waals surface area contributed by atoms with Crippen LogP contribution in [-0.4, -0.2) is 82.5 Å². The minimum atomic E-state index is -1.16. The maximum absolute atomic E-state index is 14.4. The van der Waals surface area contributed by atoms with Gasteiger partial charge in [-0.3, -0.25) is 14.4 Å². The fourth-order valence-electron chi connectivity index (χ4n) is 12.1. The maximum atomic E-state index is 14.4. The molecule has 0 unspecified atom stereocenters. The number of halogens is 5. The summed E-state index contributed by atoms with van der Waals surface area (Å²) in [6, 6.07) is 31.6. The molecule has 101 heavy (non-hydrogen) atoms. The summed E-state index contributed by atoms with van der Waals surface area (Å²) in [5.74, 6) is -3.03. The Morgan fingerprint density at radius 2 is 0.683 bits per heavy atom. The van der Waals surface area contributed by atoms with Crippen LogP contribution in [0.1, 0.15) is 122 Å². The van der Waals surface area contributed by atoms with Crippen molar-refractivity contribution in [3.8, 4) is 85.9 Å². The summed E-state index contributed by atoms with van der Waals surface area (Å²) >= 11 is 0. The lowest BCUT2D eigenvalue weighted by Gasteiger charge is -2.11. The van der Waals surface area contributed by atoms with Crippen LogP contribution in [0.5, 0.6) is 52.1 Å². The van der Waals surface area contributed by atoms with E-state index in [2.05, 4.69) is 30.2 Å². The predicted octanol–water partition coefficient (Wildman–Crippen LogP) is 18.1. The molecule has 3 fully saturated rings. The van der Waals surface area contributed by atoms with Crippen LogP contribution in [-0.2, 0) is 0 Å². The molecule has 12 aromatic rings. The second kappa shape index (κ2) is 28.5. The van der Waals surface area contributed by atoms with E-state index in [0.717, 1.165) is 111 Å². The van der Waals surface area contributed by atoms with Crippen LogP contribution in [0.2, 0.25) is 0 Å². The topological polar surface area (TPSA) is 197 Å². The van der Waals surface area contributed by atoms with E-state index in [1.54, 1.807) is 56.4 Å². The lowest BCUT2D eigenvalue weighted by Crippen LogP contribution is -2.04. The third-order valence-corrected chi connectivity index (χ3v) is 18.1. The van der Waals surface area contributed by atoms with Gasteiger partial charge in [-0.15, -0.1) is 15.3 Å². The second-order valence-electron chi connectivity index (χ2n) is 25.8. The molecular formula is C78H70F5N9O9. The van der Waals surface area contributed by atoms with E-state index in [-0.39, 0.29) is 57.9 Å². The van der Waals surface area contributed by atoms with Crippen molar-refractivity contribution in [3.05, 3.63) is 213 Å². The fourth-order valence-corrected chi connectivity index (χ4v) is 12.1. The number of ketones is 3. The quantitative estimate of drug-likeness (QED) is 0.0486. The van der Waals surface area contributed by atoms with E-state index >= 15 is 0 Å². The molecule has 6 aromatic heterocycles. The highest BCUT2D eigenvalue weighted by atomic mass is 19.2. The van der Waals surface area contributed by atoms with Crippen LogP contribution < -0.4 is 28.4 Å². The largest absolute Gasteiger partial charge is 0.494 e. The Balaban J connectivity index is 0.000000135. The van der Waals surface area contributed by atoms with Gasteiger partial charge >= 0.3 is 0 Å². The Bertz CT molecular complexity index is 5030. The van der Waals surface area contributed by atoms with Crippen molar-refractivity contribution < 1.29 is 64.8 Å². The van der Waals surface area contributed by atoms with E-state index in [1.807, 2.05) is 96.1 Å². The number of benzene rings is 6. The Kier molecular flexibility index (Phi) is 19.2. The summed E-state index contributed by atoms with van der Waals surface area (Å²) in [6.07, 6.45) is 13.8. The number of aryl methyl sites for hydroxylation is 6. The molecule has 0 bridgehead atoms. The minimum Gasteiger partial charge on any atom is -0.494 e. The number of aromatic nitrogens is 9. The van der Waals surface area contributed by atoms with Gasteiger partial charge in [0.2, 0.25) is 40.9 Å². The Hall–Kier alpha value is -11.4. The zero-order chi connectivity index (χ0) is 71.1. The molecule has 0 N–H and O–H groups in total. The van der Waals surface area contributed by atoms with Gasteiger partial charge < -0.3 is 28.4 Å². The van der Waals surface area contributed by atoms with Gasteiger partial charge in [-0.1, -0.05) is 36.4 Å². The molecular weight excluding hydrogens is 1300 g/mol. The first-order valence-corrected chi connectivity index (χ1v) is 33.0. The van der Waals surface area contributed by atoms with Gasteiger partial charge in [0, 0.05) is 76.9 Å². The second-order valence-corrected chi connectivity index (χ2v) is 25.8. The summed E-state index contributed by atoms with van der Waals surface area (Å²) in [5.41, 5.74) is 14.0. The molecule has 0 radical (unpaired) electrons. The third-order valence-electron chi connectivity index (χ3n) is 18.1. The normalized spacial score (nSPS) is 13.3. The zero-order valence-corrected chi connectivity index (χ0v) is 56.9. The average molecular weight is 1370 g/mol. The molecule has 0 saturated heterocycles. The summed E-state index contributed by atoms with van der Waals surface area (Å²) in [7, 11) is 3.93. The van der Waals surface area contributed by atoms with Gasteiger partial charge in [-0.25, -0.2) is 32.9 Å². The van der Waals surface area contributed by atoms with Crippen LogP contribution in [0.15, 0.2) is 134 Å². The van der Waals surface area contributed by atoms with Crippen LogP contribution in [0.3, 0.4) is 0 Å². The monoisotopic (exact) mass is 1370 g/mol. The van der Waals surface area contributed by atoms with Crippen LogP contribution >= 0.6 is 0 Å². The lowest BCUT2D eigenvalue weighted by atomic mass is 9.98. The van der Waals surface area contributed by atoms with E-state index in [9.17, 15) is 36.3 Å².